The molecule has 0 aliphatic rings. The molecule has 2 heterocycles. The van der Waals surface area contributed by atoms with Gasteiger partial charge in [0.1, 0.15) is 17.2 Å². The van der Waals surface area contributed by atoms with Gasteiger partial charge in [-0.05, 0) is 37.6 Å². The summed E-state index contributed by atoms with van der Waals surface area (Å²) in [6.45, 7) is 3.47. The third-order valence-electron chi connectivity index (χ3n) is 3.74. The standard InChI is InChI=1S/C18H16FN3O4S/c1-3-26-18(25)16-10(2)6-15(27-16)21-14(23)8-22-9-20-13-7-11(19)4-5-12(13)17(22)24/h4-7,9H,3,8H2,1-2H3,(H,21,23). The molecule has 1 aromatic carbocycles. The quantitative estimate of drug-likeness (QED) is 0.678. The summed E-state index contributed by atoms with van der Waals surface area (Å²) in [6.07, 6.45) is 1.20. The number of rotatable bonds is 5. The highest BCUT2D eigenvalue weighted by molar-refractivity contribution is 7.18. The number of ether oxygens (including phenoxy) is 1. The molecule has 2 aromatic heterocycles. The Morgan fingerprint density at radius 3 is 2.85 bits per heavy atom. The zero-order valence-corrected chi connectivity index (χ0v) is 15.4. The van der Waals surface area contributed by atoms with Gasteiger partial charge in [0.25, 0.3) is 5.56 Å². The molecule has 0 radical (unpaired) electrons. The highest BCUT2D eigenvalue weighted by Gasteiger charge is 2.16. The van der Waals surface area contributed by atoms with E-state index in [1.165, 1.54) is 18.5 Å². The lowest BCUT2D eigenvalue weighted by Gasteiger charge is -2.06. The molecular weight excluding hydrogens is 373 g/mol. The molecule has 0 bridgehead atoms. The van der Waals surface area contributed by atoms with Crippen LogP contribution >= 0.6 is 11.3 Å². The molecule has 0 atom stereocenters. The molecule has 0 fully saturated rings. The van der Waals surface area contributed by atoms with Crippen LogP contribution in [-0.2, 0) is 16.1 Å². The number of nitrogens with zero attached hydrogens (tertiary/aromatic N) is 2. The second-order valence-corrected chi connectivity index (χ2v) is 6.78. The highest BCUT2D eigenvalue weighted by atomic mass is 32.1. The average molecular weight is 389 g/mol. The summed E-state index contributed by atoms with van der Waals surface area (Å²) >= 11 is 1.10. The van der Waals surface area contributed by atoms with Gasteiger partial charge in [-0.15, -0.1) is 11.3 Å². The summed E-state index contributed by atoms with van der Waals surface area (Å²) in [7, 11) is 0. The van der Waals surface area contributed by atoms with Gasteiger partial charge in [0.2, 0.25) is 5.91 Å². The van der Waals surface area contributed by atoms with Crippen LogP contribution in [-0.4, -0.2) is 28.0 Å². The number of aryl methyl sites for hydroxylation is 1. The number of thiophene rings is 1. The predicted octanol–water partition coefficient (Wildman–Crippen LogP) is 2.72. The minimum absolute atomic E-state index is 0.225. The fraction of sp³-hybridized carbons (Fsp3) is 0.222. The molecule has 7 nitrogen and oxygen atoms in total. The third kappa shape index (κ3) is 4.03. The van der Waals surface area contributed by atoms with Gasteiger partial charge in [-0.25, -0.2) is 14.2 Å². The van der Waals surface area contributed by atoms with E-state index in [0.29, 0.717) is 15.4 Å². The number of nitrogens with one attached hydrogen (secondary N) is 1. The van der Waals surface area contributed by atoms with Crippen molar-refractivity contribution in [2.75, 3.05) is 11.9 Å². The van der Waals surface area contributed by atoms with Gasteiger partial charge in [-0.3, -0.25) is 14.2 Å². The number of fused-ring (bicyclic) bond motifs is 1. The number of hydrogen-bond donors (Lipinski definition) is 1. The zero-order chi connectivity index (χ0) is 19.6. The van der Waals surface area contributed by atoms with Crippen molar-refractivity contribution in [2.45, 2.75) is 20.4 Å². The summed E-state index contributed by atoms with van der Waals surface area (Å²) in [5.41, 5.74) is 0.481. The monoisotopic (exact) mass is 389 g/mol. The second-order valence-electron chi connectivity index (χ2n) is 5.73. The van der Waals surface area contributed by atoms with E-state index in [1.54, 1.807) is 19.9 Å². The fourth-order valence-electron chi connectivity index (χ4n) is 2.52. The summed E-state index contributed by atoms with van der Waals surface area (Å²) in [4.78, 5) is 40.9. The largest absolute Gasteiger partial charge is 0.462 e. The summed E-state index contributed by atoms with van der Waals surface area (Å²) in [5, 5.41) is 3.36. The number of carbonyl (C=O) groups excluding carboxylic acids is 2. The number of benzene rings is 1. The first-order chi connectivity index (χ1) is 12.9. The molecule has 1 N–H and O–H groups in total. The minimum Gasteiger partial charge on any atom is -0.462 e. The van der Waals surface area contributed by atoms with Crippen molar-refractivity contribution in [3.63, 3.8) is 0 Å². The predicted molar refractivity (Wildman–Crippen MR) is 99.6 cm³/mol. The van der Waals surface area contributed by atoms with Crippen LogP contribution in [0.5, 0.6) is 0 Å². The molecule has 0 unspecified atom stereocenters. The number of carbonyl (C=O) groups is 2. The van der Waals surface area contributed by atoms with Crippen molar-refractivity contribution in [3.05, 3.63) is 57.2 Å². The van der Waals surface area contributed by atoms with E-state index in [-0.39, 0.29) is 24.1 Å². The lowest BCUT2D eigenvalue weighted by molar-refractivity contribution is -0.116. The number of aromatic nitrogens is 2. The summed E-state index contributed by atoms with van der Waals surface area (Å²) in [5.74, 6) is -1.38. The molecule has 140 valence electrons. The smallest absolute Gasteiger partial charge is 0.348 e. The lowest BCUT2D eigenvalue weighted by Crippen LogP contribution is -2.27. The number of hydrogen-bond acceptors (Lipinski definition) is 6. The molecule has 0 spiro atoms. The van der Waals surface area contributed by atoms with Crippen molar-refractivity contribution in [1.82, 2.24) is 9.55 Å². The van der Waals surface area contributed by atoms with Crippen molar-refractivity contribution < 1.29 is 18.7 Å². The molecule has 0 aliphatic carbocycles. The van der Waals surface area contributed by atoms with E-state index in [0.717, 1.165) is 22.0 Å². The zero-order valence-electron chi connectivity index (χ0n) is 14.6. The van der Waals surface area contributed by atoms with Crippen LogP contribution in [0, 0.1) is 12.7 Å². The summed E-state index contributed by atoms with van der Waals surface area (Å²) in [6, 6.07) is 5.33. The Labute approximate surface area is 157 Å². The van der Waals surface area contributed by atoms with Crippen LogP contribution < -0.4 is 10.9 Å². The van der Waals surface area contributed by atoms with E-state index >= 15 is 0 Å². The molecule has 1 amide bonds. The van der Waals surface area contributed by atoms with Crippen LogP contribution in [0.3, 0.4) is 0 Å². The molecule has 27 heavy (non-hydrogen) atoms. The Kier molecular flexibility index (Phi) is 5.31. The number of amides is 1. The highest BCUT2D eigenvalue weighted by Crippen LogP contribution is 2.27. The maximum atomic E-state index is 13.2. The van der Waals surface area contributed by atoms with Gasteiger partial charge in [-0.1, -0.05) is 0 Å². The van der Waals surface area contributed by atoms with Crippen molar-refractivity contribution in [1.29, 1.82) is 0 Å². The molecule has 0 saturated carbocycles. The van der Waals surface area contributed by atoms with Crippen molar-refractivity contribution in [2.24, 2.45) is 0 Å². The fourth-order valence-corrected chi connectivity index (χ4v) is 3.50. The summed E-state index contributed by atoms with van der Waals surface area (Å²) < 4.78 is 19.3. The van der Waals surface area contributed by atoms with Crippen LogP contribution in [0.15, 0.2) is 35.4 Å². The maximum absolute atomic E-state index is 13.2. The lowest BCUT2D eigenvalue weighted by atomic mass is 10.2. The molecule has 9 heteroatoms. The second kappa shape index (κ2) is 7.67. The molecular formula is C18H16FN3O4S. The number of halogens is 1. The Hall–Kier alpha value is -3.07. The molecule has 3 aromatic rings. The first-order valence-corrected chi connectivity index (χ1v) is 8.92. The Morgan fingerprint density at radius 1 is 1.33 bits per heavy atom. The van der Waals surface area contributed by atoms with E-state index in [4.69, 9.17) is 4.74 Å². The third-order valence-corrected chi connectivity index (χ3v) is 4.88. The van der Waals surface area contributed by atoms with E-state index < -0.39 is 23.3 Å². The maximum Gasteiger partial charge on any atom is 0.348 e. The molecule has 0 aliphatic heterocycles. The number of anilines is 1. The van der Waals surface area contributed by atoms with Crippen LogP contribution in [0.25, 0.3) is 10.9 Å². The van der Waals surface area contributed by atoms with Crippen LogP contribution in [0.4, 0.5) is 9.39 Å². The van der Waals surface area contributed by atoms with Crippen molar-refractivity contribution >= 4 is 39.1 Å². The van der Waals surface area contributed by atoms with Gasteiger partial charge >= 0.3 is 5.97 Å². The Bertz CT molecular complexity index is 1090. The topological polar surface area (TPSA) is 90.3 Å². The van der Waals surface area contributed by atoms with Gasteiger partial charge < -0.3 is 10.1 Å². The Morgan fingerprint density at radius 2 is 2.11 bits per heavy atom. The van der Waals surface area contributed by atoms with Crippen molar-refractivity contribution in [3.8, 4) is 0 Å². The van der Waals surface area contributed by atoms with Gasteiger partial charge in [-0.2, -0.15) is 0 Å². The van der Waals surface area contributed by atoms with E-state index in [9.17, 15) is 18.8 Å². The molecule has 0 saturated heterocycles. The van der Waals surface area contributed by atoms with E-state index in [1.807, 2.05) is 0 Å². The minimum atomic E-state index is -0.490. The van der Waals surface area contributed by atoms with Gasteiger partial charge in [0.05, 0.1) is 28.8 Å². The van der Waals surface area contributed by atoms with Crippen LogP contribution in [0.1, 0.15) is 22.2 Å². The van der Waals surface area contributed by atoms with E-state index in [2.05, 4.69) is 10.3 Å². The van der Waals surface area contributed by atoms with Gasteiger partial charge in [0.15, 0.2) is 0 Å². The number of esters is 1. The van der Waals surface area contributed by atoms with Gasteiger partial charge in [0, 0.05) is 6.07 Å². The SMILES string of the molecule is CCOC(=O)c1sc(NC(=O)Cn2cnc3cc(F)ccc3c2=O)cc1C. The normalized spacial score (nSPS) is 10.8. The van der Waals surface area contributed by atoms with Crippen LogP contribution in [0.2, 0.25) is 0 Å². The first kappa shape index (κ1) is 18.7. The Balaban J connectivity index is 1.77. The average Bonchev–Trinajstić information content (AvgIpc) is 2.98. The first-order valence-electron chi connectivity index (χ1n) is 8.11. The molecule has 3 rings (SSSR count).